The Morgan fingerprint density at radius 1 is 1.00 bits per heavy atom. The molecule has 0 spiro atoms. The van der Waals surface area contributed by atoms with Crippen molar-refractivity contribution in [2.45, 2.75) is 129 Å². The van der Waals surface area contributed by atoms with Crippen molar-refractivity contribution >= 4 is 14.1 Å². The molecule has 0 heterocycles. The van der Waals surface area contributed by atoms with Crippen LogP contribution in [0.2, 0.25) is 18.1 Å². The van der Waals surface area contributed by atoms with Gasteiger partial charge >= 0.3 is 0 Å². The van der Waals surface area contributed by atoms with E-state index in [4.69, 9.17) is 4.43 Å². The molecular weight excluding hydrogens is 456 g/mol. The van der Waals surface area contributed by atoms with Crippen LogP contribution in [0.3, 0.4) is 0 Å². The molecule has 0 amide bonds. The molecule has 2 fully saturated rings. The highest BCUT2D eigenvalue weighted by Crippen LogP contribution is 2.49. The fraction of sp³-hybridized carbons (Fsp3) is 0.667. The number of carbonyl (C=O) groups is 1. The van der Waals surface area contributed by atoms with Gasteiger partial charge in [0.15, 0.2) is 8.32 Å². The average molecular weight is 509 g/mol. The molecule has 36 heavy (non-hydrogen) atoms. The Hall–Kier alpha value is -1.45. The van der Waals surface area contributed by atoms with E-state index in [1.807, 2.05) is 0 Å². The second-order valence-electron chi connectivity index (χ2n) is 13.4. The van der Waals surface area contributed by atoms with E-state index in [1.165, 1.54) is 50.5 Å². The maximum Gasteiger partial charge on any atom is 0.192 e. The molecule has 2 atom stereocenters. The van der Waals surface area contributed by atoms with Gasteiger partial charge in [-0.2, -0.15) is 0 Å². The molecule has 2 aliphatic carbocycles. The molecule has 0 aliphatic heterocycles. The van der Waals surface area contributed by atoms with Gasteiger partial charge in [0, 0.05) is 11.8 Å². The molecule has 0 bridgehead atoms. The monoisotopic (exact) mass is 508 g/mol. The summed E-state index contributed by atoms with van der Waals surface area (Å²) in [5.41, 5.74) is 1.69. The molecule has 3 rings (SSSR count). The fourth-order valence-electron chi connectivity index (χ4n) is 5.65. The predicted octanol–water partition coefficient (Wildman–Crippen LogP) is 9.61. The molecular formula is C33H52O2Si. The third-order valence-electron chi connectivity index (χ3n) is 9.53. The molecule has 2 nitrogen and oxygen atoms in total. The quantitative estimate of drug-likeness (QED) is 0.207. The molecule has 0 saturated heterocycles. The van der Waals surface area contributed by atoms with Gasteiger partial charge in [-0.1, -0.05) is 88.2 Å². The molecule has 200 valence electrons. The highest BCUT2D eigenvalue weighted by Gasteiger charge is 2.40. The zero-order chi connectivity index (χ0) is 26.3. The molecule has 3 heteroatoms. The number of hydrogen-bond acceptors (Lipinski definition) is 2. The topological polar surface area (TPSA) is 26.3 Å². The summed E-state index contributed by atoms with van der Waals surface area (Å²) in [5, 5.41) is 0.195. The highest BCUT2D eigenvalue weighted by atomic mass is 28.4. The minimum Gasteiger partial charge on any atom is -0.411 e. The van der Waals surface area contributed by atoms with E-state index in [0.717, 1.165) is 32.1 Å². The summed E-state index contributed by atoms with van der Waals surface area (Å²) in [6.45, 7) is 13.8. The maximum absolute atomic E-state index is 12.5. The predicted molar refractivity (Wildman–Crippen MR) is 157 cm³/mol. The second-order valence-corrected chi connectivity index (χ2v) is 18.2. The number of hydrogen-bond donors (Lipinski definition) is 0. The first-order valence-electron chi connectivity index (χ1n) is 14.6. The third kappa shape index (κ3) is 8.02. The first-order valence-corrected chi connectivity index (χ1v) is 17.5. The summed E-state index contributed by atoms with van der Waals surface area (Å²) in [4.78, 5) is 12.5. The first kappa shape index (κ1) is 29.1. The van der Waals surface area contributed by atoms with Crippen molar-refractivity contribution in [1.29, 1.82) is 0 Å². The van der Waals surface area contributed by atoms with Crippen LogP contribution in [-0.4, -0.2) is 20.2 Å². The Bertz CT molecular complexity index is 888. The number of Topliss-reactive ketones (excluding diaryl/α,β-unsaturated/α-hetero) is 1. The van der Waals surface area contributed by atoms with E-state index in [0.29, 0.717) is 11.2 Å². The summed E-state index contributed by atoms with van der Waals surface area (Å²) >= 11 is 0. The van der Waals surface area contributed by atoms with Gasteiger partial charge in [0.05, 0.1) is 6.10 Å². The van der Waals surface area contributed by atoms with Gasteiger partial charge < -0.3 is 4.43 Å². The van der Waals surface area contributed by atoms with Gasteiger partial charge in [-0.3, -0.25) is 4.79 Å². The van der Waals surface area contributed by atoms with Crippen molar-refractivity contribution in [2.75, 3.05) is 0 Å². The summed E-state index contributed by atoms with van der Waals surface area (Å²) in [6.07, 6.45) is 23.0. The van der Waals surface area contributed by atoms with E-state index in [9.17, 15) is 4.79 Å². The van der Waals surface area contributed by atoms with Crippen LogP contribution >= 0.6 is 0 Å². The molecule has 2 aliphatic rings. The third-order valence-corrected chi connectivity index (χ3v) is 14.0. The van der Waals surface area contributed by atoms with Gasteiger partial charge in [0.25, 0.3) is 0 Å². The van der Waals surface area contributed by atoms with E-state index >= 15 is 0 Å². The number of benzene rings is 1. The van der Waals surface area contributed by atoms with Crippen molar-refractivity contribution in [3.8, 4) is 0 Å². The average Bonchev–Trinajstić information content (AvgIpc) is 2.79. The zero-order valence-electron chi connectivity index (χ0n) is 24.1. The maximum atomic E-state index is 12.5. The van der Waals surface area contributed by atoms with Crippen LogP contribution in [0.15, 0.2) is 54.6 Å². The zero-order valence-corrected chi connectivity index (χ0v) is 25.1. The Morgan fingerprint density at radius 2 is 1.72 bits per heavy atom. The lowest BCUT2D eigenvalue weighted by Gasteiger charge is -2.44. The second kappa shape index (κ2) is 12.4. The van der Waals surface area contributed by atoms with Gasteiger partial charge in [0.1, 0.15) is 5.78 Å². The molecule has 0 N–H and O–H groups in total. The van der Waals surface area contributed by atoms with E-state index in [-0.39, 0.29) is 16.6 Å². The highest BCUT2D eigenvalue weighted by molar-refractivity contribution is 6.74. The Balaban J connectivity index is 1.63. The van der Waals surface area contributed by atoms with Crippen molar-refractivity contribution in [3.05, 3.63) is 60.2 Å². The minimum absolute atomic E-state index is 0.150. The SMILES string of the molecule is CC1(/C=C/C=C/C(CCC2(CCCc3ccccc3)CCC2)O[Si](C)(C)C(C)(C)C)CCCCC1=O. The van der Waals surface area contributed by atoms with Crippen molar-refractivity contribution in [2.24, 2.45) is 10.8 Å². The smallest absolute Gasteiger partial charge is 0.192 e. The summed E-state index contributed by atoms with van der Waals surface area (Å²) in [5.74, 6) is 0.398. The fourth-order valence-corrected chi connectivity index (χ4v) is 6.95. The van der Waals surface area contributed by atoms with Crippen LogP contribution < -0.4 is 0 Å². The largest absolute Gasteiger partial charge is 0.411 e. The number of ketones is 1. The summed E-state index contributed by atoms with van der Waals surface area (Å²) < 4.78 is 6.93. The standard InChI is InChI=1S/C33H52O2Si/c1-31(2,3)36(5,6)35-29(19-10-12-22-32(4)23-13-11-20-30(32)34)21-27-33(25-15-26-33)24-14-18-28-16-8-7-9-17-28/h7-10,12,16-17,19,22,29H,11,13-15,18,20-21,23-27H2,1-6H3/b19-10+,22-12+. The number of carbonyl (C=O) groups excluding carboxylic acids is 1. The van der Waals surface area contributed by atoms with Crippen LogP contribution in [-0.2, 0) is 15.6 Å². The molecule has 2 unspecified atom stereocenters. The van der Waals surface area contributed by atoms with Crippen LogP contribution in [0.4, 0.5) is 0 Å². The molecule has 1 aromatic rings. The molecule has 0 aromatic heterocycles. The van der Waals surface area contributed by atoms with Crippen LogP contribution in [0, 0.1) is 10.8 Å². The van der Waals surface area contributed by atoms with Gasteiger partial charge in [-0.05, 0) is 93.8 Å². The van der Waals surface area contributed by atoms with Crippen LogP contribution in [0.25, 0.3) is 0 Å². The van der Waals surface area contributed by atoms with Crippen molar-refractivity contribution in [3.63, 3.8) is 0 Å². The summed E-state index contributed by atoms with van der Waals surface area (Å²) in [7, 11) is -1.87. The first-order chi connectivity index (χ1) is 16.9. The minimum atomic E-state index is -1.87. The number of aryl methyl sites for hydroxylation is 1. The van der Waals surface area contributed by atoms with Gasteiger partial charge in [-0.15, -0.1) is 0 Å². The van der Waals surface area contributed by atoms with Gasteiger partial charge in [-0.25, -0.2) is 0 Å². The Labute approximate surface area is 223 Å². The van der Waals surface area contributed by atoms with Crippen LogP contribution in [0.5, 0.6) is 0 Å². The molecule has 0 radical (unpaired) electrons. The molecule has 1 aromatic carbocycles. The van der Waals surface area contributed by atoms with E-state index in [2.05, 4.69) is 95.4 Å². The lowest BCUT2D eigenvalue weighted by Crippen LogP contribution is -2.44. The Morgan fingerprint density at radius 3 is 2.33 bits per heavy atom. The Kier molecular flexibility index (Phi) is 10.0. The van der Waals surface area contributed by atoms with Crippen molar-refractivity contribution < 1.29 is 9.22 Å². The van der Waals surface area contributed by atoms with E-state index in [1.54, 1.807) is 0 Å². The van der Waals surface area contributed by atoms with Crippen molar-refractivity contribution in [1.82, 2.24) is 0 Å². The lowest BCUT2D eigenvalue weighted by atomic mass is 9.63. The number of rotatable bonds is 12. The van der Waals surface area contributed by atoms with E-state index < -0.39 is 8.32 Å². The van der Waals surface area contributed by atoms with Gasteiger partial charge in [0.2, 0.25) is 0 Å². The van der Waals surface area contributed by atoms with Crippen LogP contribution in [0.1, 0.15) is 104 Å². The normalized spacial score (nSPS) is 23.8. The lowest BCUT2D eigenvalue weighted by molar-refractivity contribution is -0.127. The molecule has 2 saturated carbocycles. The number of allylic oxidation sites excluding steroid dienone is 3. The summed E-state index contributed by atoms with van der Waals surface area (Å²) in [6, 6.07) is 10.9.